The maximum atomic E-state index is 13.2. The van der Waals surface area contributed by atoms with Crippen molar-refractivity contribution in [3.05, 3.63) is 63.2 Å². The molecular formula is C29H37N3O6S. The third-order valence-electron chi connectivity index (χ3n) is 6.68. The molecule has 1 aliphatic rings. The molecule has 1 aromatic carbocycles. The van der Waals surface area contributed by atoms with E-state index in [1.807, 2.05) is 44.2 Å². The minimum atomic E-state index is -0.928. The molecule has 0 radical (unpaired) electrons. The lowest BCUT2D eigenvalue weighted by atomic mass is 9.96. The summed E-state index contributed by atoms with van der Waals surface area (Å²) >= 11 is 1.20. The zero-order valence-corrected chi connectivity index (χ0v) is 23.9. The quantitative estimate of drug-likeness (QED) is 0.342. The second kappa shape index (κ2) is 13.5. The van der Waals surface area contributed by atoms with Crippen LogP contribution in [0.5, 0.6) is 0 Å². The van der Waals surface area contributed by atoms with E-state index in [4.69, 9.17) is 4.74 Å². The molecule has 9 nitrogen and oxygen atoms in total. The van der Waals surface area contributed by atoms with E-state index < -0.39 is 35.9 Å². The number of aliphatic carboxylic acids is 1. The minimum Gasteiger partial charge on any atom is -0.481 e. The Morgan fingerprint density at radius 1 is 1.15 bits per heavy atom. The van der Waals surface area contributed by atoms with E-state index >= 15 is 0 Å². The average Bonchev–Trinajstić information content (AvgIpc) is 3.61. The van der Waals surface area contributed by atoms with Crippen LogP contribution in [0.2, 0.25) is 0 Å². The lowest BCUT2D eigenvalue weighted by Crippen LogP contribution is -2.38. The number of allylic oxidation sites excluding steroid dienone is 1. The molecule has 210 valence electrons. The summed E-state index contributed by atoms with van der Waals surface area (Å²) in [6.07, 6.45) is 1.98. The highest BCUT2D eigenvalue weighted by molar-refractivity contribution is 7.09. The van der Waals surface area contributed by atoms with Gasteiger partial charge in [-0.05, 0) is 45.1 Å². The van der Waals surface area contributed by atoms with Crippen molar-refractivity contribution in [2.75, 3.05) is 7.05 Å². The highest BCUT2D eigenvalue weighted by Gasteiger charge is 2.34. The van der Waals surface area contributed by atoms with E-state index in [0.717, 1.165) is 29.7 Å². The molecule has 0 saturated heterocycles. The van der Waals surface area contributed by atoms with Gasteiger partial charge in [0.05, 0.1) is 5.92 Å². The van der Waals surface area contributed by atoms with Gasteiger partial charge in [0.1, 0.15) is 10.7 Å². The molecule has 2 amide bonds. The minimum absolute atomic E-state index is 0.0411. The van der Waals surface area contributed by atoms with Crippen molar-refractivity contribution < 1.29 is 29.0 Å². The number of carboxylic acids is 1. The number of aromatic nitrogens is 1. The van der Waals surface area contributed by atoms with Crippen molar-refractivity contribution >= 4 is 35.1 Å². The largest absolute Gasteiger partial charge is 0.481 e. The topological polar surface area (TPSA) is 126 Å². The van der Waals surface area contributed by atoms with Crippen LogP contribution in [0, 0.1) is 11.8 Å². The van der Waals surface area contributed by atoms with Crippen LogP contribution in [0.3, 0.4) is 0 Å². The number of thiazole rings is 1. The Balaban J connectivity index is 1.78. The summed E-state index contributed by atoms with van der Waals surface area (Å²) in [4.78, 5) is 55.5. The number of hydrogen-bond donors (Lipinski definition) is 2. The zero-order valence-electron chi connectivity index (χ0n) is 23.1. The second-order valence-corrected chi connectivity index (χ2v) is 11.2. The highest BCUT2D eigenvalue weighted by Crippen LogP contribution is 2.35. The first-order valence-corrected chi connectivity index (χ1v) is 14.0. The van der Waals surface area contributed by atoms with Crippen LogP contribution in [0.15, 0.2) is 47.0 Å². The smallest absolute Gasteiger partial charge is 0.306 e. The Morgan fingerprint density at radius 2 is 1.82 bits per heavy atom. The van der Waals surface area contributed by atoms with Gasteiger partial charge < -0.3 is 20.1 Å². The van der Waals surface area contributed by atoms with Crippen molar-refractivity contribution in [1.29, 1.82) is 0 Å². The number of nitrogens with one attached hydrogen (secondary N) is 1. The average molecular weight is 556 g/mol. The number of rotatable bonds is 13. The number of ether oxygens (including phenoxy) is 1. The van der Waals surface area contributed by atoms with Crippen LogP contribution >= 0.6 is 11.3 Å². The first kappa shape index (κ1) is 30.0. The summed E-state index contributed by atoms with van der Waals surface area (Å²) in [6, 6.07) is 9.13. The van der Waals surface area contributed by atoms with Gasteiger partial charge in [-0.25, -0.2) is 4.98 Å². The number of esters is 1. The molecule has 10 heteroatoms. The fourth-order valence-corrected chi connectivity index (χ4v) is 5.21. The van der Waals surface area contributed by atoms with Crippen LogP contribution < -0.4 is 5.32 Å². The number of amides is 2. The maximum Gasteiger partial charge on any atom is 0.306 e. The van der Waals surface area contributed by atoms with Gasteiger partial charge in [0.15, 0.2) is 6.10 Å². The molecule has 0 bridgehead atoms. The number of carbonyl (C=O) groups is 4. The van der Waals surface area contributed by atoms with Crippen LogP contribution in [-0.4, -0.2) is 51.8 Å². The summed E-state index contributed by atoms with van der Waals surface area (Å²) in [5, 5.41) is 14.4. The number of carbonyl (C=O) groups excluding carboxylic acids is 3. The van der Waals surface area contributed by atoms with E-state index in [-0.39, 0.29) is 30.4 Å². The molecule has 1 aliphatic carbocycles. The lowest BCUT2D eigenvalue weighted by molar-refractivity contribution is -0.147. The normalized spacial score (nSPS) is 15.0. The molecule has 0 aliphatic heterocycles. The predicted molar refractivity (Wildman–Crippen MR) is 148 cm³/mol. The van der Waals surface area contributed by atoms with Gasteiger partial charge in [0, 0.05) is 43.4 Å². The highest BCUT2D eigenvalue weighted by atomic mass is 32.1. The molecule has 1 saturated carbocycles. The number of benzene rings is 1. The molecule has 2 aromatic rings. The molecule has 2 N–H and O–H groups in total. The zero-order chi connectivity index (χ0) is 28.7. The summed E-state index contributed by atoms with van der Waals surface area (Å²) in [7, 11) is 1.74. The van der Waals surface area contributed by atoms with Gasteiger partial charge >= 0.3 is 11.9 Å². The summed E-state index contributed by atoms with van der Waals surface area (Å²) in [5.74, 6) is -2.40. The van der Waals surface area contributed by atoms with E-state index in [9.17, 15) is 24.3 Å². The molecule has 3 atom stereocenters. The summed E-state index contributed by atoms with van der Waals surface area (Å²) < 4.78 is 5.60. The summed E-state index contributed by atoms with van der Waals surface area (Å²) in [5.41, 5.74) is 2.82. The number of carboxylic acid groups (broad SMARTS) is 1. The number of hydrogen-bond acceptors (Lipinski definition) is 7. The fourth-order valence-electron chi connectivity index (χ4n) is 4.39. The number of nitrogens with zero attached hydrogens (tertiary/aromatic N) is 2. The van der Waals surface area contributed by atoms with Crippen molar-refractivity contribution in [2.45, 2.75) is 71.9 Å². The molecule has 39 heavy (non-hydrogen) atoms. The van der Waals surface area contributed by atoms with E-state index in [1.54, 1.807) is 24.3 Å². The second-order valence-electron chi connectivity index (χ2n) is 10.3. The molecular weight excluding hydrogens is 518 g/mol. The Bertz CT molecular complexity index is 1220. The van der Waals surface area contributed by atoms with Gasteiger partial charge in [-0.15, -0.1) is 11.3 Å². The SMILES string of the molecule is CC(=O)O[C@H](CC(=C(C)C)N(C)C(=O)C1CC1)c1nc(C(=O)N[C@@H](Cc2ccccc2)C[C@H](C)C(=O)O)cs1. The van der Waals surface area contributed by atoms with Crippen molar-refractivity contribution in [3.8, 4) is 0 Å². The van der Waals surface area contributed by atoms with Gasteiger partial charge in [0.2, 0.25) is 5.91 Å². The van der Waals surface area contributed by atoms with E-state index in [2.05, 4.69) is 10.3 Å². The van der Waals surface area contributed by atoms with Gasteiger partial charge in [-0.3, -0.25) is 19.2 Å². The lowest BCUT2D eigenvalue weighted by Gasteiger charge is -2.26. The Kier molecular flexibility index (Phi) is 10.4. The Labute approximate surface area is 233 Å². The van der Waals surface area contributed by atoms with Gasteiger partial charge in [-0.1, -0.05) is 42.8 Å². The van der Waals surface area contributed by atoms with E-state index in [1.165, 1.54) is 18.3 Å². The standard InChI is InChI=1S/C29H37N3O6S/c1-17(2)24(32(5)28(35)21-11-12-21)15-25(38-19(4)33)27-31-23(16-39-27)26(34)30-22(13-18(3)29(36)37)14-20-9-7-6-8-10-20/h6-10,16,18,21-22,25H,11-15H2,1-5H3,(H,30,34)(H,36,37)/t18-,22+,25+/m0/s1. The fraction of sp³-hybridized carbons (Fsp3) is 0.483. The monoisotopic (exact) mass is 555 g/mol. The molecule has 1 heterocycles. The Hall–Kier alpha value is -3.53. The van der Waals surface area contributed by atoms with Crippen molar-refractivity contribution in [3.63, 3.8) is 0 Å². The first-order chi connectivity index (χ1) is 18.5. The van der Waals surface area contributed by atoms with Gasteiger partial charge in [-0.2, -0.15) is 0 Å². The van der Waals surface area contributed by atoms with Crippen LogP contribution in [0.25, 0.3) is 0 Å². The van der Waals surface area contributed by atoms with E-state index in [0.29, 0.717) is 11.4 Å². The molecule has 1 aromatic heterocycles. The molecule has 0 spiro atoms. The van der Waals surface area contributed by atoms with Crippen molar-refractivity contribution in [2.24, 2.45) is 11.8 Å². The first-order valence-electron chi connectivity index (χ1n) is 13.1. The van der Waals surface area contributed by atoms with Crippen LogP contribution in [0.4, 0.5) is 0 Å². The maximum absolute atomic E-state index is 13.2. The molecule has 3 rings (SSSR count). The third-order valence-corrected chi connectivity index (χ3v) is 7.61. The Morgan fingerprint density at radius 3 is 2.38 bits per heavy atom. The van der Waals surface area contributed by atoms with Gasteiger partial charge in [0.25, 0.3) is 5.91 Å². The van der Waals surface area contributed by atoms with Crippen LogP contribution in [0.1, 0.15) is 80.5 Å². The van der Waals surface area contributed by atoms with Crippen LogP contribution in [-0.2, 0) is 25.5 Å². The predicted octanol–water partition coefficient (Wildman–Crippen LogP) is 4.75. The summed E-state index contributed by atoms with van der Waals surface area (Å²) in [6.45, 7) is 6.74. The third kappa shape index (κ3) is 8.74. The van der Waals surface area contributed by atoms with Crippen molar-refractivity contribution in [1.82, 2.24) is 15.2 Å². The molecule has 0 unspecified atom stereocenters. The molecule has 1 fully saturated rings.